The lowest BCUT2D eigenvalue weighted by atomic mass is 10.0. The molecule has 2 atom stereocenters. The maximum Gasteiger partial charge on any atom is 0.472 e. The van der Waals surface area contributed by atoms with E-state index in [9.17, 15) is 24.2 Å². The number of carbonyl (C=O) groups is 2. The van der Waals surface area contributed by atoms with Crippen molar-refractivity contribution >= 4 is 19.7 Å². The molecule has 0 fully saturated rings. The van der Waals surface area contributed by atoms with Crippen LogP contribution in [0.15, 0.2) is 12.2 Å². The van der Waals surface area contributed by atoms with Crippen LogP contribution in [0.1, 0.15) is 174 Å². The monoisotopic (exact) mass is 675 g/mol. The van der Waals surface area contributed by atoms with E-state index in [2.05, 4.69) is 31.3 Å². The van der Waals surface area contributed by atoms with Gasteiger partial charge < -0.3 is 20.1 Å². The summed E-state index contributed by atoms with van der Waals surface area (Å²) in [7, 11) is -4.40. The molecule has 0 bridgehead atoms. The minimum atomic E-state index is -4.40. The molecule has 10 heteroatoms. The zero-order valence-corrected chi connectivity index (χ0v) is 30.4. The average molecular weight is 676 g/mol. The molecule has 0 radical (unpaired) electrons. The van der Waals surface area contributed by atoms with E-state index in [0.717, 1.165) is 64.2 Å². The Hall–Kier alpha value is -1.25. The van der Waals surface area contributed by atoms with Crippen molar-refractivity contribution in [3.8, 4) is 0 Å². The minimum Gasteiger partial charge on any atom is -0.463 e. The van der Waals surface area contributed by atoms with Gasteiger partial charge in [-0.15, -0.1) is 0 Å². The summed E-state index contributed by atoms with van der Waals surface area (Å²) in [5, 5.41) is 12.6. The third-order valence-corrected chi connectivity index (χ3v) is 8.91. The van der Waals surface area contributed by atoms with E-state index in [1.807, 2.05) is 0 Å². The molecule has 0 aliphatic rings. The molecule has 0 aromatic rings. The van der Waals surface area contributed by atoms with Crippen molar-refractivity contribution in [3.63, 3.8) is 0 Å². The van der Waals surface area contributed by atoms with Gasteiger partial charge in [0, 0.05) is 19.4 Å². The van der Waals surface area contributed by atoms with Crippen LogP contribution >= 0.6 is 7.82 Å². The highest BCUT2D eigenvalue weighted by molar-refractivity contribution is 7.47. The number of carbonyl (C=O) groups excluding carboxylic acids is 2. The normalized spacial score (nSPS) is 13.6. The van der Waals surface area contributed by atoms with Gasteiger partial charge in [-0.25, -0.2) is 4.57 Å². The molecule has 46 heavy (non-hydrogen) atoms. The van der Waals surface area contributed by atoms with Gasteiger partial charge in [0.15, 0.2) is 0 Å². The Bertz CT molecular complexity index is 779. The van der Waals surface area contributed by atoms with Gasteiger partial charge in [-0.1, -0.05) is 142 Å². The Morgan fingerprint density at radius 3 is 1.72 bits per heavy atom. The number of esters is 1. The number of hydrogen-bond acceptors (Lipinski definition) is 7. The van der Waals surface area contributed by atoms with Gasteiger partial charge in [0.1, 0.15) is 12.7 Å². The Labute approximate surface area is 281 Å². The van der Waals surface area contributed by atoms with Gasteiger partial charge in [-0.2, -0.15) is 0 Å². The van der Waals surface area contributed by atoms with Crippen LogP contribution in [0.4, 0.5) is 0 Å². The summed E-state index contributed by atoms with van der Waals surface area (Å²) in [5.41, 5.74) is 0. The first-order valence-electron chi connectivity index (χ1n) is 18.7. The first kappa shape index (κ1) is 44.8. The van der Waals surface area contributed by atoms with Crippen molar-refractivity contribution in [2.24, 2.45) is 0 Å². The van der Waals surface area contributed by atoms with E-state index in [1.54, 1.807) is 0 Å². The number of rotatable bonds is 35. The number of aliphatic hydroxyl groups excluding tert-OH is 1. The molecule has 0 saturated carbocycles. The van der Waals surface area contributed by atoms with E-state index < -0.39 is 26.5 Å². The number of ether oxygens (including phenoxy) is 1. The van der Waals surface area contributed by atoms with Gasteiger partial charge in [0.2, 0.25) is 5.91 Å². The third-order valence-electron chi connectivity index (χ3n) is 7.93. The Balaban J connectivity index is 3.60. The van der Waals surface area contributed by atoms with Crippen LogP contribution < -0.4 is 5.32 Å². The predicted molar refractivity (Wildman–Crippen MR) is 188 cm³/mol. The number of phosphoric acid groups is 1. The second kappa shape index (κ2) is 33.6. The van der Waals surface area contributed by atoms with Crippen molar-refractivity contribution in [1.29, 1.82) is 0 Å². The highest BCUT2D eigenvalue weighted by atomic mass is 31.2. The van der Waals surface area contributed by atoms with Crippen LogP contribution in [0, 0.1) is 0 Å². The average Bonchev–Trinajstić information content (AvgIpc) is 3.04. The minimum absolute atomic E-state index is 0.0850. The lowest BCUT2D eigenvalue weighted by Crippen LogP contribution is -2.27. The number of amides is 1. The number of phosphoric ester groups is 1. The lowest BCUT2D eigenvalue weighted by Gasteiger charge is -2.15. The molecular formula is C36H70NO8P. The Morgan fingerprint density at radius 1 is 0.652 bits per heavy atom. The van der Waals surface area contributed by atoms with Crippen LogP contribution in [0.5, 0.6) is 0 Å². The maximum absolute atomic E-state index is 12.0. The molecular weight excluding hydrogens is 605 g/mol. The predicted octanol–water partition coefficient (Wildman–Crippen LogP) is 9.49. The fourth-order valence-corrected chi connectivity index (χ4v) is 5.84. The van der Waals surface area contributed by atoms with Gasteiger partial charge >= 0.3 is 13.8 Å². The van der Waals surface area contributed by atoms with Crippen molar-refractivity contribution in [3.05, 3.63) is 12.2 Å². The Morgan fingerprint density at radius 2 is 1.15 bits per heavy atom. The molecule has 1 amide bonds. The second-order valence-corrected chi connectivity index (χ2v) is 14.0. The maximum atomic E-state index is 12.0. The van der Waals surface area contributed by atoms with Crippen LogP contribution in [0.2, 0.25) is 0 Å². The van der Waals surface area contributed by atoms with Gasteiger partial charge in [-0.05, 0) is 32.1 Å². The highest BCUT2D eigenvalue weighted by Crippen LogP contribution is 2.42. The second-order valence-electron chi connectivity index (χ2n) is 12.6. The summed E-state index contributed by atoms with van der Waals surface area (Å²) in [5.74, 6) is -0.524. The van der Waals surface area contributed by atoms with Gasteiger partial charge in [0.05, 0.1) is 13.2 Å². The summed E-state index contributed by atoms with van der Waals surface area (Å²) >= 11 is 0. The summed E-state index contributed by atoms with van der Waals surface area (Å²) in [6.07, 6.45) is 31.5. The van der Waals surface area contributed by atoms with Crippen molar-refractivity contribution in [2.75, 3.05) is 26.4 Å². The zero-order valence-electron chi connectivity index (χ0n) is 29.5. The number of aliphatic hydroxyl groups is 1. The van der Waals surface area contributed by atoms with Crippen molar-refractivity contribution < 1.29 is 37.9 Å². The van der Waals surface area contributed by atoms with E-state index >= 15 is 0 Å². The van der Waals surface area contributed by atoms with Crippen molar-refractivity contribution in [2.45, 2.75) is 180 Å². The molecule has 3 N–H and O–H groups in total. The van der Waals surface area contributed by atoms with E-state index in [1.165, 1.54) is 83.5 Å². The van der Waals surface area contributed by atoms with E-state index in [4.69, 9.17) is 13.8 Å². The fraction of sp³-hybridized carbons (Fsp3) is 0.889. The summed E-state index contributed by atoms with van der Waals surface area (Å²) < 4.78 is 26.7. The molecule has 0 aromatic carbocycles. The van der Waals surface area contributed by atoms with E-state index in [-0.39, 0.29) is 32.1 Å². The molecule has 0 heterocycles. The Kier molecular flexibility index (Phi) is 32.7. The summed E-state index contributed by atoms with van der Waals surface area (Å²) in [6.45, 7) is 3.48. The lowest BCUT2D eigenvalue weighted by molar-refractivity contribution is -0.147. The van der Waals surface area contributed by atoms with Crippen LogP contribution in [0.3, 0.4) is 0 Å². The molecule has 2 unspecified atom stereocenters. The number of nitrogens with one attached hydrogen (secondary N) is 1. The smallest absolute Gasteiger partial charge is 0.463 e. The molecule has 272 valence electrons. The third kappa shape index (κ3) is 34.1. The van der Waals surface area contributed by atoms with Crippen LogP contribution in [0.25, 0.3) is 0 Å². The van der Waals surface area contributed by atoms with Gasteiger partial charge in [-0.3, -0.25) is 18.6 Å². The first-order chi connectivity index (χ1) is 22.3. The van der Waals surface area contributed by atoms with Crippen LogP contribution in [-0.2, 0) is 27.9 Å². The standard InChI is InChI=1S/C36H70NO8P/c1-3-5-7-9-11-13-15-16-17-18-19-20-22-24-26-28-35(39)37-30-31-44-46(41,42)45-33-34(38)32-43-36(40)29-27-25-23-21-14-12-10-8-6-4-2/h8,10,34,38H,3-7,9,11-33H2,1-2H3,(H,37,39)(H,41,42)/b10-8-. The molecule has 0 spiro atoms. The summed E-state index contributed by atoms with van der Waals surface area (Å²) in [4.78, 5) is 33.7. The van der Waals surface area contributed by atoms with E-state index in [0.29, 0.717) is 6.42 Å². The highest BCUT2D eigenvalue weighted by Gasteiger charge is 2.23. The molecule has 9 nitrogen and oxygen atoms in total. The summed E-state index contributed by atoms with van der Waals surface area (Å²) in [6, 6.07) is 0. The molecule has 0 aliphatic heterocycles. The largest absolute Gasteiger partial charge is 0.472 e. The number of unbranched alkanes of at least 4 members (excludes halogenated alkanes) is 20. The van der Waals surface area contributed by atoms with Crippen molar-refractivity contribution in [1.82, 2.24) is 5.32 Å². The SMILES string of the molecule is CCC/C=C\CCCCCCCC(=O)OCC(O)COP(=O)(O)OCCNC(=O)CCCCCCCCCCCCCCCCC. The van der Waals surface area contributed by atoms with Gasteiger partial charge in [0.25, 0.3) is 0 Å². The number of allylic oxidation sites excluding steroid dienone is 2. The fourth-order valence-electron chi connectivity index (χ4n) is 5.09. The molecule has 0 saturated heterocycles. The number of hydrogen-bond donors (Lipinski definition) is 3. The van der Waals surface area contributed by atoms with Crippen LogP contribution in [-0.4, -0.2) is 54.3 Å². The molecule has 0 aromatic heterocycles. The first-order valence-corrected chi connectivity index (χ1v) is 20.2. The quantitative estimate of drug-likeness (QED) is 0.0262. The molecule has 0 rings (SSSR count). The molecule has 0 aliphatic carbocycles. The topological polar surface area (TPSA) is 131 Å². The zero-order chi connectivity index (χ0) is 34.0.